The fraction of sp³-hybridized carbons (Fsp3) is 0.583. The van der Waals surface area contributed by atoms with Gasteiger partial charge in [-0.1, -0.05) is 14.0 Å². The number of sulfone groups is 1. The second kappa shape index (κ2) is 14.4. The predicted octanol–water partition coefficient (Wildman–Crippen LogP) is 3.42. The first kappa shape index (κ1) is 34.2. The van der Waals surface area contributed by atoms with Crippen LogP contribution >= 0.6 is 0 Å². The zero-order chi connectivity index (χ0) is 26.9. The van der Waals surface area contributed by atoms with Crippen LogP contribution in [0.2, 0.25) is 0 Å². The first-order valence-electron chi connectivity index (χ1n) is 10.7. The molecule has 0 radical (unpaired) electrons. The van der Waals surface area contributed by atoms with Crippen molar-refractivity contribution in [3.63, 3.8) is 0 Å². The van der Waals surface area contributed by atoms with E-state index >= 15 is 0 Å². The van der Waals surface area contributed by atoms with E-state index in [9.17, 15) is 18.0 Å². The SMILES string of the molecule is C.C=C(N)NCCC[C@H](NC(=O)OC(C)(C)C)C(=O)O.COc1cc(C)c(S(C)(=O)=O)c(C)c1C. The number of ether oxygens (including phenoxy) is 2. The van der Waals surface area contributed by atoms with Gasteiger partial charge in [-0.05, 0) is 77.1 Å². The molecular formula is C24H43N3O7S. The van der Waals surface area contributed by atoms with Gasteiger partial charge in [0.15, 0.2) is 9.84 Å². The Morgan fingerprint density at radius 1 is 1.20 bits per heavy atom. The molecule has 0 aromatic heterocycles. The van der Waals surface area contributed by atoms with E-state index in [1.165, 1.54) is 6.26 Å². The molecule has 0 saturated heterocycles. The Balaban J connectivity index is 0. The maximum Gasteiger partial charge on any atom is 0.408 e. The molecule has 0 unspecified atom stereocenters. The van der Waals surface area contributed by atoms with Gasteiger partial charge in [-0.25, -0.2) is 18.0 Å². The number of methoxy groups -OCH3 is 1. The molecule has 0 saturated carbocycles. The number of carbonyl (C=O) groups is 2. The third-order valence-corrected chi connectivity index (χ3v) is 5.95. The van der Waals surface area contributed by atoms with Crippen LogP contribution in [0.4, 0.5) is 4.79 Å². The number of amides is 1. The lowest BCUT2D eigenvalue weighted by atomic mass is 10.1. The Hall–Kier alpha value is -2.95. The largest absolute Gasteiger partial charge is 0.496 e. The summed E-state index contributed by atoms with van der Waals surface area (Å²) in [4.78, 5) is 22.9. The molecule has 0 aliphatic rings. The van der Waals surface area contributed by atoms with Crippen molar-refractivity contribution in [1.29, 1.82) is 0 Å². The second-order valence-corrected chi connectivity index (χ2v) is 10.8. The highest BCUT2D eigenvalue weighted by Gasteiger charge is 2.23. The number of carbonyl (C=O) groups excluding carboxylic acids is 1. The summed E-state index contributed by atoms with van der Waals surface area (Å²) in [6.45, 7) is 14.5. The topological polar surface area (TPSA) is 157 Å². The molecular weight excluding hydrogens is 474 g/mol. The van der Waals surface area contributed by atoms with E-state index in [0.29, 0.717) is 23.7 Å². The fourth-order valence-corrected chi connectivity index (χ4v) is 4.42. The van der Waals surface area contributed by atoms with Gasteiger partial charge in [0.2, 0.25) is 0 Å². The monoisotopic (exact) mass is 517 g/mol. The average Bonchev–Trinajstić information content (AvgIpc) is 2.64. The summed E-state index contributed by atoms with van der Waals surface area (Å²) in [5.74, 6) is -0.0400. The van der Waals surface area contributed by atoms with Crippen LogP contribution in [-0.4, -0.2) is 57.1 Å². The van der Waals surface area contributed by atoms with Crippen molar-refractivity contribution in [2.75, 3.05) is 19.9 Å². The lowest BCUT2D eigenvalue weighted by molar-refractivity contribution is -0.139. The maximum absolute atomic E-state index is 11.6. The quantitative estimate of drug-likeness (QED) is 0.360. The Labute approximate surface area is 210 Å². The Morgan fingerprint density at radius 2 is 1.74 bits per heavy atom. The zero-order valence-electron chi connectivity index (χ0n) is 21.4. The molecule has 0 heterocycles. The van der Waals surface area contributed by atoms with E-state index in [2.05, 4.69) is 17.2 Å². The van der Waals surface area contributed by atoms with Gasteiger partial charge in [-0.15, -0.1) is 0 Å². The van der Waals surface area contributed by atoms with E-state index in [4.69, 9.17) is 20.3 Å². The van der Waals surface area contributed by atoms with E-state index in [1.54, 1.807) is 47.8 Å². The van der Waals surface area contributed by atoms with Gasteiger partial charge in [0.05, 0.1) is 17.8 Å². The Bertz CT molecular complexity index is 984. The molecule has 5 N–H and O–H groups in total. The molecule has 1 amide bonds. The maximum atomic E-state index is 11.6. The van der Waals surface area contributed by atoms with Crippen molar-refractivity contribution in [3.8, 4) is 5.75 Å². The first-order valence-corrected chi connectivity index (χ1v) is 12.5. The zero-order valence-corrected chi connectivity index (χ0v) is 22.2. The summed E-state index contributed by atoms with van der Waals surface area (Å²) in [7, 11) is -1.58. The van der Waals surface area contributed by atoms with Crippen molar-refractivity contribution < 1.29 is 32.6 Å². The normalized spacial score (nSPS) is 11.7. The molecule has 1 aromatic carbocycles. The summed E-state index contributed by atoms with van der Waals surface area (Å²) >= 11 is 0. The number of hydrogen-bond donors (Lipinski definition) is 4. The first-order chi connectivity index (χ1) is 15.4. The highest BCUT2D eigenvalue weighted by Crippen LogP contribution is 2.30. The number of rotatable bonds is 9. The van der Waals surface area contributed by atoms with Crippen molar-refractivity contribution in [2.24, 2.45) is 5.73 Å². The molecule has 35 heavy (non-hydrogen) atoms. The number of carboxylic acids is 1. The molecule has 202 valence electrons. The number of aryl methyl sites for hydroxylation is 1. The number of nitrogens with two attached hydrogens (primary N) is 1. The Kier molecular flexibility index (Phi) is 14.1. The van der Waals surface area contributed by atoms with Crippen LogP contribution in [-0.2, 0) is 19.4 Å². The van der Waals surface area contributed by atoms with Gasteiger partial charge in [0.25, 0.3) is 0 Å². The van der Waals surface area contributed by atoms with Crippen LogP contribution in [0.5, 0.6) is 5.75 Å². The van der Waals surface area contributed by atoms with E-state index in [1.807, 2.05) is 6.92 Å². The van der Waals surface area contributed by atoms with Gasteiger partial charge in [-0.2, -0.15) is 0 Å². The number of carboxylic acid groups (broad SMARTS) is 1. The third-order valence-electron chi connectivity index (χ3n) is 4.58. The summed E-state index contributed by atoms with van der Waals surface area (Å²) < 4.78 is 33.4. The minimum absolute atomic E-state index is 0. The van der Waals surface area contributed by atoms with E-state index < -0.39 is 33.5 Å². The summed E-state index contributed by atoms with van der Waals surface area (Å²) in [5.41, 5.74) is 7.03. The van der Waals surface area contributed by atoms with E-state index in [0.717, 1.165) is 22.4 Å². The number of nitrogens with one attached hydrogen (secondary N) is 2. The molecule has 10 nitrogen and oxygen atoms in total. The smallest absolute Gasteiger partial charge is 0.408 e. The standard InChI is InChI=1S/C12H23N3O4.C11H16O3S.CH4/c1-8(13)14-7-5-6-9(10(16)17)15-11(18)19-12(2,3)4;1-7-6-10(14-4)8(2)9(3)11(7)15(5,12)13;/h9,14H,1,5-7,13H2,2-4H3,(H,15,18)(H,16,17);6H,1-5H3;1H4/t9-;;/m0../s1. The number of aliphatic carboxylic acids is 1. The van der Waals surface area contributed by atoms with Crippen molar-refractivity contribution in [2.45, 2.75) is 78.3 Å². The number of hydrogen-bond acceptors (Lipinski definition) is 8. The average molecular weight is 518 g/mol. The highest BCUT2D eigenvalue weighted by molar-refractivity contribution is 7.90. The Morgan fingerprint density at radius 3 is 2.14 bits per heavy atom. The molecule has 0 fully saturated rings. The van der Waals surface area contributed by atoms with Crippen LogP contribution in [0.3, 0.4) is 0 Å². The molecule has 0 bridgehead atoms. The van der Waals surface area contributed by atoms with Crippen LogP contribution in [0, 0.1) is 20.8 Å². The minimum atomic E-state index is -3.17. The minimum Gasteiger partial charge on any atom is -0.496 e. The summed E-state index contributed by atoms with van der Waals surface area (Å²) in [6, 6.07) is 0.779. The van der Waals surface area contributed by atoms with Crippen molar-refractivity contribution in [3.05, 3.63) is 35.2 Å². The molecule has 1 atom stereocenters. The van der Waals surface area contributed by atoms with Crippen molar-refractivity contribution >= 4 is 21.9 Å². The third kappa shape index (κ3) is 12.9. The molecule has 0 aliphatic heterocycles. The van der Waals surface area contributed by atoms with Crippen LogP contribution < -0.4 is 21.1 Å². The number of benzene rings is 1. The van der Waals surface area contributed by atoms with Gasteiger partial charge in [0, 0.05) is 12.8 Å². The lowest BCUT2D eigenvalue weighted by Gasteiger charge is -2.22. The molecule has 0 aliphatic carbocycles. The summed E-state index contributed by atoms with van der Waals surface area (Å²) in [5, 5.41) is 14.1. The second-order valence-electron chi connectivity index (χ2n) is 8.88. The van der Waals surface area contributed by atoms with E-state index in [-0.39, 0.29) is 13.8 Å². The molecule has 1 rings (SSSR count). The number of alkyl carbamates (subject to hydrolysis) is 1. The van der Waals surface area contributed by atoms with Gasteiger partial charge < -0.3 is 30.9 Å². The van der Waals surface area contributed by atoms with Gasteiger partial charge >= 0.3 is 12.1 Å². The fourth-order valence-electron chi connectivity index (χ4n) is 3.07. The van der Waals surface area contributed by atoms with Gasteiger partial charge in [0.1, 0.15) is 17.4 Å². The van der Waals surface area contributed by atoms with Crippen LogP contribution in [0.1, 0.15) is 57.7 Å². The van der Waals surface area contributed by atoms with Crippen molar-refractivity contribution in [1.82, 2.24) is 10.6 Å². The van der Waals surface area contributed by atoms with Gasteiger partial charge in [-0.3, -0.25) is 0 Å². The van der Waals surface area contributed by atoms with Crippen LogP contribution in [0.15, 0.2) is 23.4 Å². The molecule has 1 aromatic rings. The molecule has 11 heteroatoms. The van der Waals surface area contributed by atoms with Crippen LogP contribution in [0.25, 0.3) is 0 Å². The lowest BCUT2D eigenvalue weighted by Crippen LogP contribution is -2.43. The summed E-state index contributed by atoms with van der Waals surface area (Å²) in [6.07, 6.45) is 1.29. The highest BCUT2D eigenvalue weighted by atomic mass is 32.2. The molecule has 0 spiro atoms. The predicted molar refractivity (Wildman–Crippen MR) is 138 cm³/mol.